The maximum atomic E-state index is 11.6. The fourth-order valence-corrected chi connectivity index (χ4v) is 1.62. The molecule has 0 heterocycles. The van der Waals surface area contributed by atoms with E-state index >= 15 is 0 Å². The largest absolute Gasteiger partial charge is 0.493 e. The zero-order valence-corrected chi connectivity index (χ0v) is 12.5. The number of nitrogens with one attached hydrogen (secondary N) is 1. The van der Waals surface area contributed by atoms with Gasteiger partial charge in [-0.25, -0.2) is 4.79 Å². The van der Waals surface area contributed by atoms with E-state index in [4.69, 9.17) is 14.6 Å². The molecule has 0 atom stereocenters. The van der Waals surface area contributed by atoms with E-state index in [1.165, 1.54) is 12.1 Å². The molecule has 0 saturated heterocycles. The number of carboxylic acids is 1. The molecule has 0 unspecified atom stereocenters. The van der Waals surface area contributed by atoms with E-state index < -0.39 is 5.97 Å². The van der Waals surface area contributed by atoms with Gasteiger partial charge < -0.3 is 19.9 Å². The van der Waals surface area contributed by atoms with Crippen LogP contribution in [0.2, 0.25) is 0 Å². The van der Waals surface area contributed by atoms with Crippen LogP contribution in [0.15, 0.2) is 18.2 Å². The van der Waals surface area contributed by atoms with Crippen molar-refractivity contribution >= 4 is 11.9 Å². The molecule has 1 amide bonds. The molecule has 0 spiro atoms. The minimum atomic E-state index is -1.11. The molecule has 1 aromatic rings. The molecule has 0 aliphatic heterocycles. The number of carbonyl (C=O) groups excluding carboxylic acids is 1. The Morgan fingerprint density at radius 2 is 2.00 bits per heavy atom. The second kappa shape index (κ2) is 8.14. The molecule has 0 aromatic heterocycles. The molecule has 21 heavy (non-hydrogen) atoms. The molecule has 0 aliphatic rings. The van der Waals surface area contributed by atoms with Gasteiger partial charge in [0, 0.05) is 12.1 Å². The molecule has 6 heteroatoms. The number of aromatic carboxylic acids is 1. The van der Waals surface area contributed by atoms with Crippen LogP contribution >= 0.6 is 0 Å². The third kappa shape index (κ3) is 5.72. The lowest BCUT2D eigenvalue weighted by atomic mass is 10.2. The molecule has 0 fully saturated rings. The lowest BCUT2D eigenvalue weighted by molar-refractivity contribution is -0.123. The van der Waals surface area contributed by atoms with Crippen molar-refractivity contribution in [2.45, 2.75) is 33.2 Å². The number of carboxylic acid groups (broad SMARTS) is 1. The summed E-state index contributed by atoms with van der Waals surface area (Å²) >= 11 is 0. The summed E-state index contributed by atoms with van der Waals surface area (Å²) in [4.78, 5) is 22.7. The average molecular weight is 295 g/mol. The molecule has 6 nitrogen and oxygen atoms in total. The Morgan fingerprint density at radius 3 is 2.57 bits per heavy atom. The number of rotatable bonds is 8. The van der Waals surface area contributed by atoms with E-state index in [-0.39, 0.29) is 29.9 Å². The Morgan fingerprint density at radius 1 is 1.29 bits per heavy atom. The summed E-state index contributed by atoms with van der Waals surface area (Å²) < 4.78 is 10.7. The molecule has 0 saturated carbocycles. The second-order valence-electron chi connectivity index (χ2n) is 4.82. The van der Waals surface area contributed by atoms with Crippen molar-refractivity contribution in [1.29, 1.82) is 0 Å². The quantitative estimate of drug-likeness (QED) is 0.767. The highest BCUT2D eigenvalue weighted by molar-refractivity contribution is 5.91. The van der Waals surface area contributed by atoms with Crippen LogP contribution in [-0.2, 0) is 4.79 Å². The maximum absolute atomic E-state index is 11.6. The van der Waals surface area contributed by atoms with Gasteiger partial charge in [-0.2, -0.15) is 0 Å². The standard InChI is InChI=1S/C15H21NO5/c1-4-7-20-11-5-6-12(15(18)19)13(8-11)21-9-14(17)16-10(2)3/h5-6,8,10H,4,7,9H2,1-3H3,(H,16,17)(H,18,19). The Balaban J connectivity index is 2.80. The predicted molar refractivity (Wildman–Crippen MR) is 78.0 cm³/mol. The first kappa shape index (κ1) is 16.8. The van der Waals surface area contributed by atoms with Gasteiger partial charge in [0.25, 0.3) is 5.91 Å². The van der Waals surface area contributed by atoms with Crippen LogP contribution in [-0.4, -0.2) is 36.2 Å². The van der Waals surface area contributed by atoms with Gasteiger partial charge in [0.1, 0.15) is 17.1 Å². The highest BCUT2D eigenvalue weighted by Crippen LogP contribution is 2.25. The van der Waals surface area contributed by atoms with Gasteiger partial charge >= 0.3 is 5.97 Å². The van der Waals surface area contributed by atoms with Crippen molar-refractivity contribution in [3.05, 3.63) is 23.8 Å². The highest BCUT2D eigenvalue weighted by Gasteiger charge is 2.14. The Labute approximate surface area is 124 Å². The van der Waals surface area contributed by atoms with Crippen molar-refractivity contribution in [2.24, 2.45) is 0 Å². The summed E-state index contributed by atoms with van der Waals surface area (Å²) in [5, 5.41) is 11.8. The Kier molecular flexibility index (Phi) is 6.52. The van der Waals surface area contributed by atoms with Crippen LogP contribution in [0.5, 0.6) is 11.5 Å². The number of ether oxygens (including phenoxy) is 2. The summed E-state index contributed by atoms with van der Waals surface area (Å²) in [6.45, 7) is 5.92. The van der Waals surface area contributed by atoms with Crippen molar-refractivity contribution in [2.75, 3.05) is 13.2 Å². The minimum absolute atomic E-state index is 0.000680. The topological polar surface area (TPSA) is 84.9 Å². The zero-order chi connectivity index (χ0) is 15.8. The molecule has 1 rings (SSSR count). The first-order valence-corrected chi connectivity index (χ1v) is 6.86. The van der Waals surface area contributed by atoms with Gasteiger partial charge in [-0.15, -0.1) is 0 Å². The number of hydrogen-bond donors (Lipinski definition) is 2. The summed E-state index contributed by atoms with van der Waals surface area (Å²) in [7, 11) is 0. The van der Waals surface area contributed by atoms with Gasteiger partial charge in [0.05, 0.1) is 6.61 Å². The van der Waals surface area contributed by atoms with Crippen LogP contribution in [0.25, 0.3) is 0 Å². The lowest BCUT2D eigenvalue weighted by Crippen LogP contribution is -2.34. The number of carbonyl (C=O) groups is 2. The van der Waals surface area contributed by atoms with E-state index in [0.29, 0.717) is 12.4 Å². The van der Waals surface area contributed by atoms with Crippen LogP contribution in [0, 0.1) is 0 Å². The molecular weight excluding hydrogens is 274 g/mol. The molecule has 0 bridgehead atoms. The third-order valence-corrected chi connectivity index (χ3v) is 2.46. The lowest BCUT2D eigenvalue weighted by Gasteiger charge is -2.13. The molecule has 1 aromatic carbocycles. The first-order valence-electron chi connectivity index (χ1n) is 6.86. The third-order valence-electron chi connectivity index (χ3n) is 2.46. The summed E-state index contributed by atoms with van der Waals surface area (Å²) in [6, 6.07) is 4.46. The normalized spacial score (nSPS) is 10.3. The summed E-state index contributed by atoms with van der Waals surface area (Å²) in [5.74, 6) is -0.784. The van der Waals surface area contributed by atoms with Gasteiger partial charge in [0.2, 0.25) is 0 Å². The first-order chi connectivity index (χ1) is 9.93. The van der Waals surface area contributed by atoms with Crippen LogP contribution in [0.4, 0.5) is 0 Å². The average Bonchev–Trinajstić information content (AvgIpc) is 2.42. The second-order valence-corrected chi connectivity index (χ2v) is 4.82. The monoisotopic (exact) mass is 295 g/mol. The molecule has 0 radical (unpaired) electrons. The van der Waals surface area contributed by atoms with Crippen LogP contribution < -0.4 is 14.8 Å². The number of amides is 1. The fraction of sp³-hybridized carbons (Fsp3) is 0.467. The van der Waals surface area contributed by atoms with E-state index in [1.54, 1.807) is 6.07 Å². The zero-order valence-electron chi connectivity index (χ0n) is 12.5. The highest BCUT2D eigenvalue weighted by atomic mass is 16.5. The van der Waals surface area contributed by atoms with Crippen molar-refractivity contribution in [3.63, 3.8) is 0 Å². The van der Waals surface area contributed by atoms with E-state index in [0.717, 1.165) is 6.42 Å². The molecule has 2 N–H and O–H groups in total. The summed E-state index contributed by atoms with van der Waals surface area (Å²) in [5.41, 5.74) is -0.00352. The van der Waals surface area contributed by atoms with Crippen LogP contribution in [0.1, 0.15) is 37.6 Å². The van der Waals surface area contributed by atoms with Crippen molar-refractivity contribution < 1.29 is 24.2 Å². The smallest absolute Gasteiger partial charge is 0.339 e. The Hall–Kier alpha value is -2.24. The SMILES string of the molecule is CCCOc1ccc(C(=O)O)c(OCC(=O)NC(C)C)c1. The van der Waals surface area contributed by atoms with Gasteiger partial charge in [0.15, 0.2) is 6.61 Å². The van der Waals surface area contributed by atoms with Gasteiger partial charge in [-0.05, 0) is 32.4 Å². The number of hydrogen-bond acceptors (Lipinski definition) is 4. The number of benzene rings is 1. The van der Waals surface area contributed by atoms with Crippen LogP contribution in [0.3, 0.4) is 0 Å². The fourth-order valence-electron chi connectivity index (χ4n) is 1.62. The molecular formula is C15H21NO5. The minimum Gasteiger partial charge on any atom is -0.493 e. The molecule has 116 valence electrons. The van der Waals surface area contributed by atoms with E-state index in [9.17, 15) is 9.59 Å². The molecule has 0 aliphatic carbocycles. The summed E-state index contributed by atoms with van der Waals surface area (Å²) in [6.07, 6.45) is 0.841. The van der Waals surface area contributed by atoms with Gasteiger partial charge in [-0.3, -0.25) is 4.79 Å². The van der Waals surface area contributed by atoms with E-state index in [2.05, 4.69) is 5.32 Å². The maximum Gasteiger partial charge on any atom is 0.339 e. The van der Waals surface area contributed by atoms with E-state index in [1.807, 2.05) is 20.8 Å². The predicted octanol–water partition coefficient (Wildman–Crippen LogP) is 2.08. The Bertz CT molecular complexity index is 499. The van der Waals surface area contributed by atoms with Crippen molar-refractivity contribution in [3.8, 4) is 11.5 Å². The van der Waals surface area contributed by atoms with Crippen molar-refractivity contribution in [1.82, 2.24) is 5.32 Å². The van der Waals surface area contributed by atoms with Gasteiger partial charge in [-0.1, -0.05) is 6.92 Å².